The topological polar surface area (TPSA) is 46.9 Å². The second-order valence-corrected chi connectivity index (χ2v) is 4.65. The Morgan fingerprint density at radius 2 is 2.33 bits per heavy atom. The molecule has 0 saturated carbocycles. The summed E-state index contributed by atoms with van der Waals surface area (Å²) >= 11 is 3.38. The van der Waals surface area contributed by atoms with Gasteiger partial charge in [-0.05, 0) is 36.7 Å². The Morgan fingerprint density at radius 3 is 2.80 bits per heavy atom. The normalized spacial score (nSPS) is 10.7. The number of hydrogen-bond acceptors (Lipinski definition) is 2. The van der Waals surface area contributed by atoms with Crippen LogP contribution < -0.4 is 5.32 Å². The van der Waals surface area contributed by atoms with Gasteiger partial charge in [0.1, 0.15) is 0 Å². The summed E-state index contributed by atoms with van der Waals surface area (Å²) in [6, 6.07) is 0.198. The van der Waals surface area contributed by atoms with Crippen molar-refractivity contribution in [2.24, 2.45) is 0 Å². The Morgan fingerprint density at radius 1 is 1.67 bits per heavy atom. The molecular weight excluding hydrogens is 258 g/mol. The summed E-state index contributed by atoms with van der Waals surface area (Å²) in [5.41, 5.74) is 0.944. The third-order valence-corrected chi connectivity index (χ3v) is 2.68. The molecule has 0 bridgehead atoms. The van der Waals surface area contributed by atoms with Crippen molar-refractivity contribution in [3.05, 3.63) is 16.4 Å². The number of amides is 1. The molecule has 0 unspecified atom stereocenters. The van der Waals surface area contributed by atoms with Gasteiger partial charge in [-0.1, -0.05) is 0 Å². The number of carbonyl (C=O) groups is 1. The first-order valence-electron chi connectivity index (χ1n) is 4.98. The molecule has 1 amide bonds. The largest absolute Gasteiger partial charge is 0.354 e. The number of rotatable bonds is 4. The highest BCUT2D eigenvalue weighted by molar-refractivity contribution is 9.10. The third-order valence-electron chi connectivity index (χ3n) is 1.90. The van der Waals surface area contributed by atoms with Gasteiger partial charge in [-0.3, -0.25) is 9.48 Å². The molecule has 1 N–H and O–H groups in total. The van der Waals surface area contributed by atoms with E-state index in [2.05, 4.69) is 26.3 Å². The van der Waals surface area contributed by atoms with E-state index in [1.807, 2.05) is 27.0 Å². The lowest BCUT2D eigenvalue weighted by Crippen LogP contribution is -2.30. The minimum absolute atomic E-state index is 0.0641. The van der Waals surface area contributed by atoms with Gasteiger partial charge in [-0.25, -0.2) is 0 Å². The Bertz CT molecular complexity index is 327. The monoisotopic (exact) mass is 273 g/mol. The van der Waals surface area contributed by atoms with Crippen molar-refractivity contribution in [3.63, 3.8) is 0 Å². The highest BCUT2D eigenvalue weighted by atomic mass is 79.9. The molecule has 1 aromatic heterocycles. The molecule has 4 nitrogen and oxygen atoms in total. The third kappa shape index (κ3) is 4.03. The minimum atomic E-state index is 0.0641. The maximum Gasteiger partial charge on any atom is 0.222 e. The second kappa shape index (κ2) is 5.30. The second-order valence-electron chi connectivity index (χ2n) is 3.80. The van der Waals surface area contributed by atoms with E-state index in [1.165, 1.54) is 0 Å². The first-order valence-corrected chi connectivity index (χ1v) is 5.77. The predicted octanol–water partition coefficient (Wildman–Crippen LogP) is 1.87. The number of nitrogens with one attached hydrogen (secondary N) is 1. The van der Waals surface area contributed by atoms with Crippen LogP contribution >= 0.6 is 15.9 Å². The van der Waals surface area contributed by atoms with Gasteiger partial charge >= 0.3 is 0 Å². The van der Waals surface area contributed by atoms with E-state index < -0.39 is 0 Å². The summed E-state index contributed by atoms with van der Waals surface area (Å²) in [5, 5.41) is 7.09. The SMILES string of the molecule is Cc1nn(CCC(=O)NC(C)C)cc1Br. The van der Waals surface area contributed by atoms with E-state index in [9.17, 15) is 4.79 Å². The fraction of sp³-hybridized carbons (Fsp3) is 0.600. The molecule has 1 aromatic rings. The molecule has 5 heteroatoms. The maximum absolute atomic E-state index is 11.4. The number of nitrogens with zero attached hydrogens (tertiary/aromatic N) is 2. The summed E-state index contributed by atoms with van der Waals surface area (Å²) < 4.78 is 2.76. The van der Waals surface area contributed by atoms with Crippen molar-refractivity contribution < 1.29 is 4.79 Å². The van der Waals surface area contributed by atoms with Crippen LogP contribution in [0, 0.1) is 6.92 Å². The zero-order valence-electron chi connectivity index (χ0n) is 9.25. The predicted molar refractivity (Wildman–Crippen MR) is 62.6 cm³/mol. The number of hydrogen-bond donors (Lipinski definition) is 1. The first kappa shape index (κ1) is 12.2. The van der Waals surface area contributed by atoms with Gasteiger partial charge in [0.15, 0.2) is 0 Å². The van der Waals surface area contributed by atoms with Crippen LogP contribution in [0.1, 0.15) is 26.0 Å². The van der Waals surface area contributed by atoms with Crippen molar-refractivity contribution in [1.29, 1.82) is 0 Å². The van der Waals surface area contributed by atoms with Gasteiger partial charge in [0.05, 0.1) is 10.2 Å². The van der Waals surface area contributed by atoms with E-state index in [4.69, 9.17) is 0 Å². The molecule has 0 spiro atoms. The summed E-state index contributed by atoms with van der Waals surface area (Å²) in [5.74, 6) is 0.0641. The minimum Gasteiger partial charge on any atom is -0.354 e. The molecule has 0 aliphatic carbocycles. The quantitative estimate of drug-likeness (QED) is 0.911. The summed E-state index contributed by atoms with van der Waals surface area (Å²) in [4.78, 5) is 11.4. The van der Waals surface area contributed by atoms with Gasteiger partial charge in [0.2, 0.25) is 5.91 Å². The van der Waals surface area contributed by atoms with Gasteiger partial charge < -0.3 is 5.32 Å². The molecule has 0 aliphatic heterocycles. The van der Waals surface area contributed by atoms with Crippen LogP contribution in [0.4, 0.5) is 0 Å². The molecule has 0 fully saturated rings. The zero-order valence-corrected chi connectivity index (χ0v) is 10.8. The smallest absolute Gasteiger partial charge is 0.222 e. The Balaban J connectivity index is 2.40. The lowest BCUT2D eigenvalue weighted by molar-refractivity contribution is -0.121. The molecule has 15 heavy (non-hydrogen) atoms. The number of aryl methyl sites for hydroxylation is 2. The molecule has 0 saturated heterocycles. The van der Waals surface area contributed by atoms with Crippen LogP contribution in [-0.4, -0.2) is 21.7 Å². The molecule has 1 heterocycles. The van der Waals surface area contributed by atoms with Crippen molar-refractivity contribution in [2.45, 2.75) is 39.8 Å². The van der Waals surface area contributed by atoms with Crippen molar-refractivity contribution in [3.8, 4) is 0 Å². The molecule has 0 aromatic carbocycles. The summed E-state index contributed by atoms with van der Waals surface area (Å²) in [6.07, 6.45) is 2.35. The Kier molecular flexibility index (Phi) is 4.32. The Labute approximate surface area is 98.2 Å². The molecule has 84 valence electrons. The lowest BCUT2D eigenvalue weighted by atomic mass is 10.3. The molecule has 0 radical (unpaired) electrons. The number of aromatic nitrogens is 2. The van der Waals surface area contributed by atoms with Crippen molar-refractivity contribution in [2.75, 3.05) is 0 Å². The lowest BCUT2D eigenvalue weighted by Gasteiger charge is -2.07. The fourth-order valence-corrected chi connectivity index (χ4v) is 1.53. The van der Waals surface area contributed by atoms with E-state index >= 15 is 0 Å². The Hall–Kier alpha value is -0.840. The van der Waals surface area contributed by atoms with Crippen LogP contribution in [0.15, 0.2) is 10.7 Å². The van der Waals surface area contributed by atoms with E-state index in [1.54, 1.807) is 4.68 Å². The van der Waals surface area contributed by atoms with Crippen molar-refractivity contribution >= 4 is 21.8 Å². The van der Waals surface area contributed by atoms with Gasteiger partial charge in [0.25, 0.3) is 0 Å². The van der Waals surface area contributed by atoms with Gasteiger partial charge in [0, 0.05) is 25.2 Å². The van der Waals surface area contributed by atoms with Crippen LogP contribution in [0.5, 0.6) is 0 Å². The molecule has 1 rings (SSSR count). The average molecular weight is 274 g/mol. The van der Waals surface area contributed by atoms with E-state index in [-0.39, 0.29) is 11.9 Å². The zero-order chi connectivity index (χ0) is 11.4. The number of carbonyl (C=O) groups excluding carboxylic acids is 1. The highest BCUT2D eigenvalue weighted by Gasteiger charge is 2.05. The fourth-order valence-electron chi connectivity index (χ4n) is 1.22. The van der Waals surface area contributed by atoms with Crippen LogP contribution in [-0.2, 0) is 11.3 Å². The van der Waals surface area contributed by atoms with Crippen molar-refractivity contribution in [1.82, 2.24) is 15.1 Å². The molecule has 0 aliphatic rings. The van der Waals surface area contributed by atoms with Gasteiger partial charge in [-0.2, -0.15) is 5.10 Å². The average Bonchev–Trinajstić information content (AvgIpc) is 2.42. The van der Waals surface area contributed by atoms with E-state index in [0.717, 1.165) is 10.2 Å². The van der Waals surface area contributed by atoms with Gasteiger partial charge in [-0.15, -0.1) is 0 Å². The van der Waals surface area contributed by atoms with Crippen LogP contribution in [0.25, 0.3) is 0 Å². The maximum atomic E-state index is 11.4. The first-order chi connectivity index (χ1) is 6.99. The summed E-state index contributed by atoms with van der Waals surface area (Å²) in [7, 11) is 0. The van der Waals surface area contributed by atoms with Crippen LogP contribution in [0.3, 0.4) is 0 Å². The standard InChI is InChI=1S/C10H16BrN3O/c1-7(2)12-10(15)4-5-14-6-9(11)8(3)13-14/h6-7H,4-5H2,1-3H3,(H,12,15). The van der Waals surface area contributed by atoms with Crippen LogP contribution in [0.2, 0.25) is 0 Å². The molecule has 0 atom stereocenters. The molecular formula is C10H16BrN3O. The van der Waals surface area contributed by atoms with E-state index in [0.29, 0.717) is 13.0 Å². The summed E-state index contributed by atoms with van der Waals surface area (Å²) in [6.45, 7) is 6.44. The number of halogens is 1. The highest BCUT2D eigenvalue weighted by Crippen LogP contribution is 2.13.